The normalized spacial score (nSPS) is 20.6. The highest BCUT2D eigenvalue weighted by Gasteiger charge is 2.25. The molecule has 1 aromatic rings. The molecule has 2 rings (SSSR count). The van der Waals surface area contributed by atoms with E-state index < -0.39 is 10.0 Å². The van der Waals surface area contributed by atoms with Crippen molar-refractivity contribution in [2.45, 2.75) is 18.8 Å². The molecule has 5 heteroatoms. The van der Waals surface area contributed by atoms with Crippen molar-refractivity contribution in [3.05, 3.63) is 22.4 Å². The molecular weight excluding hydrogens is 230 g/mol. The highest BCUT2D eigenvalue weighted by molar-refractivity contribution is 7.88. The zero-order chi connectivity index (χ0) is 10.9. The van der Waals surface area contributed by atoms with E-state index in [1.54, 1.807) is 15.6 Å². The molecule has 0 spiro atoms. The van der Waals surface area contributed by atoms with Gasteiger partial charge in [0.2, 0.25) is 10.0 Å². The highest BCUT2D eigenvalue weighted by Crippen LogP contribution is 2.29. The van der Waals surface area contributed by atoms with Crippen molar-refractivity contribution in [3.63, 3.8) is 0 Å². The standard InChI is InChI=1S/C10H15NO2S2/c1-15(12,13)11-5-2-9(3-6-11)10-4-7-14-8-10/h4,7-9H,2-3,5-6H2,1H3. The summed E-state index contributed by atoms with van der Waals surface area (Å²) in [5.41, 5.74) is 1.37. The molecule has 2 heterocycles. The Morgan fingerprint density at radius 3 is 2.53 bits per heavy atom. The van der Waals surface area contributed by atoms with Gasteiger partial charge in [-0.1, -0.05) is 0 Å². The molecule has 0 atom stereocenters. The number of piperidine rings is 1. The smallest absolute Gasteiger partial charge is 0.211 e. The van der Waals surface area contributed by atoms with Crippen LogP contribution in [0, 0.1) is 0 Å². The van der Waals surface area contributed by atoms with E-state index in [0.29, 0.717) is 19.0 Å². The van der Waals surface area contributed by atoms with Gasteiger partial charge >= 0.3 is 0 Å². The lowest BCUT2D eigenvalue weighted by molar-refractivity contribution is 0.322. The van der Waals surface area contributed by atoms with E-state index in [1.165, 1.54) is 11.8 Å². The van der Waals surface area contributed by atoms with Crippen molar-refractivity contribution < 1.29 is 8.42 Å². The van der Waals surface area contributed by atoms with Crippen molar-refractivity contribution >= 4 is 21.4 Å². The van der Waals surface area contributed by atoms with Gasteiger partial charge in [-0.3, -0.25) is 0 Å². The molecule has 15 heavy (non-hydrogen) atoms. The molecule has 0 aliphatic carbocycles. The maximum atomic E-state index is 11.3. The Labute approximate surface area is 94.8 Å². The Morgan fingerprint density at radius 2 is 2.07 bits per heavy atom. The molecule has 1 aromatic heterocycles. The predicted octanol–water partition coefficient (Wildman–Crippen LogP) is 1.89. The van der Waals surface area contributed by atoms with Gasteiger partial charge in [-0.25, -0.2) is 12.7 Å². The second kappa shape index (κ2) is 4.23. The van der Waals surface area contributed by atoms with Gasteiger partial charge in [0.1, 0.15) is 0 Å². The number of sulfonamides is 1. The molecular formula is C10H15NO2S2. The van der Waals surface area contributed by atoms with Crippen molar-refractivity contribution in [1.29, 1.82) is 0 Å². The summed E-state index contributed by atoms with van der Waals surface area (Å²) in [5, 5.41) is 4.25. The van der Waals surface area contributed by atoms with E-state index in [1.807, 2.05) is 0 Å². The second-order valence-electron chi connectivity index (χ2n) is 3.99. The summed E-state index contributed by atoms with van der Waals surface area (Å²) in [6.07, 6.45) is 3.19. The average Bonchev–Trinajstić information content (AvgIpc) is 2.69. The van der Waals surface area contributed by atoms with E-state index in [0.717, 1.165) is 12.8 Å². The molecule has 0 unspecified atom stereocenters. The van der Waals surface area contributed by atoms with Crippen LogP contribution < -0.4 is 0 Å². The minimum atomic E-state index is -2.98. The Bertz CT molecular complexity index is 403. The first-order valence-electron chi connectivity index (χ1n) is 5.04. The van der Waals surface area contributed by atoms with Crippen molar-refractivity contribution in [3.8, 4) is 0 Å². The van der Waals surface area contributed by atoms with Crippen LogP contribution in [0.25, 0.3) is 0 Å². The number of hydrogen-bond donors (Lipinski definition) is 0. The topological polar surface area (TPSA) is 37.4 Å². The lowest BCUT2D eigenvalue weighted by Crippen LogP contribution is -2.37. The molecule has 0 saturated carbocycles. The van der Waals surface area contributed by atoms with Crippen LogP contribution in [0.15, 0.2) is 16.8 Å². The van der Waals surface area contributed by atoms with Crippen LogP contribution in [-0.2, 0) is 10.0 Å². The molecule has 0 N–H and O–H groups in total. The number of rotatable bonds is 2. The third-order valence-corrected chi connectivity index (χ3v) is 4.94. The van der Waals surface area contributed by atoms with Crippen LogP contribution >= 0.6 is 11.3 Å². The van der Waals surface area contributed by atoms with Crippen LogP contribution in [0.4, 0.5) is 0 Å². The first kappa shape index (κ1) is 11.1. The lowest BCUT2D eigenvalue weighted by Gasteiger charge is -2.29. The number of hydrogen-bond acceptors (Lipinski definition) is 3. The Kier molecular flexibility index (Phi) is 3.13. The summed E-state index contributed by atoms with van der Waals surface area (Å²) in [6.45, 7) is 1.33. The quantitative estimate of drug-likeness (QED) is 0.798. The van der Waals surface area contributed by atoms with Gasteiger partial charge in [0.15, 0.2) is 0 Å². The summed E-state index contributed by atoms with van der Waals surface area (Å²) in [7, 11) is -2.98. The predicted molar refractivity (Wildman–Crippen MR) is 62.7 cm³/mol. The first-order valence-corrected chi connectivity index (χ1v) is 7.83. The molecule has 0 amide bonds. The van der Waals surface area contributed by atoms with Crippen LogP contribution in [0.1, 0.15) is 24.3 Å². The van der Waals surface area contributed by atoms with Crippen molar-refractivity contribution in [1.82, 2.24) is 4.31 Å². The van der Waals surface area contributed by atoms with E-state index in [4.69, 9.17) is 0 Å². The largest absolute Gasteiger partial charge is 0.213 e. The fraction of sp³-hybridized carbons (Fsp3) is 0.600. The summed E-state index contributed by atoms with van der Waals surface area (Å²) < 4.78 is 24.2. The average molecular weight is 245 g/mol. The van der Waals surface area contributed by atoms with Gasteiger partial charge in [-0.2, -0.15) is 11.3 Å². The molecule has 1 aliphatic rings. The maximum absolute atomic E-state index is 11.3. The molecule has 0 radical (unpaired) electrons. The van der Waals surface area contributed by atoms with E-state index in [2.05, 4.69) is 16.8 Å². The van der Waals surface area contributed by atoms with E-state index >= 15 is 0 Å². The van der Waals surface area contributed by atoms with E-state index in [9.17, 15) is 8.42 Å². The van der Waals surface area contributed by atoms with Gasteiger partial charge in [-0.15, -0.1) is 0 Å². The molecule has 1 saturated heterocycles. The van der Waals surface area contributed by atoms with Crippen LogP contribution in [0.5, 0.6) is 0 Å². The molecule has 1 fully saturated rings. The van der Waals surface area contributed by atoms with Crippen LogP contribution in [0.3, 0.4) is 0 Å². The van der Waals surface area contributed by atoms with Gasteiger partial charge in [-0.05, 0) is 41.1 Å². The van der Waals surface area contributed by atoms with Gasteiger partial charge in [0.05, 0.1) is 6.26 Å². The molecule has 0 aromatic carbocycles. The number of nitrogens with zero attached hydrogens (tertiary/aromatic N) is 1. The SMILES string of the molecule is CS(=O)(=O)N1CCC(c2ccsc2)CC1. The fourth-order valence-corrected chi connectivity index (χ4v) is 3.64. The van der Waals surface area contributed by atoms with Gasteiger partial charge in [0, 0.05) is 13.1 Å². The minimum Gasteiger partial charge on any atom is -0.213 e. The Hall–Kier alpha value is -0.390. The molecule has 0 bridgehead atoms. The summed E-state index contributed by atoms with van der Waals surface area (Å²) in [6, 6.07) is 2.14. The fourth-order valence-electron chi connectivity index (χ4n) is 2.03. The van der Waals surface area contributed by atoms with Crippen molar-refractivity contribution in [2.75, 3.05) is 19.3 Å². The Morgan fingerprint density at radius 1 is 1.40 bits per heavy atom. The zero-order valence-electron chi connectivity index (χ0n) is 8.72. The molecule has 84 valence electrons. The Balaban J connectivity index is 1.99. The lowest BCUT2D eigenvalue weighted by atomic mass is 9.92. The van der Waals surface area contributed by atoms with Gasteiger partial charge < -0.3 is 0 Å². The monoisotopic (exact) mass is 245 g/mol. The summed E-state index contributed by atoms with van der Waals surface area (Å²) >= 11 is 1.71. The first-order chi connectivity index (χ1) is 7.07. The summed E-state index contributed by atoms with van der Waals surface area (Å²) in [5.74, 6) is 0.550. The summed E-state index contributed by atoms with van der Waals surface area (Å²) in [4.78, 5) is 0. The minimum absolute atomic E-state index is 0.550. The van der Waals surface area contributed by atoms with Crippen molar-refractivity contribution in [2.24, 2.45) is 0 Å². The van der Waals surface area contributed by atoms with Crippen LogP contribution in [-0.4, -0.2) is 32.1 Å². The molecule has 1 aliphatic heterocycles. The third kappa shape index (κ3) is 2.59. The second-order valence-corrected chi connectivity index (χ2v) is 6.76. The maximum Gasteiger partial charge on any atom is 0.211 e. The third-order valence-electron chi connectivity index (χ3n) is 2.94. The molecule has 3 nitrogen and oxygen atoms in total. The van der Waals surface area contributed by atoms with E-state index in [-0.39, 0.29) is 0 Å². The number of thiophene rings is 1. The van der Waals surface area contributed by atoms with Crippen LogP contribution in [0.2, 0.25) is 0 Å². The zero-order valence-corrected chi connectivity index (χ0v) is 10.4. The highest BCUT2D eigenvalue weighted by atomic mass is 32.2. The van der Waals surface area contributed by atoms with Gasteiger partial charge in [0.25, 0.3) is 0 Å².